The summed E-state index contributed by atoms with van der Waals surface area (Å²) in [4.78, 5) is 0. The summed E-state index contributed by atoms with van der Waals surface area (Å²) in [5.41, 5.74) is 0. The summed E-state index contributed by atoms with van der Waals surface area (Å²) in [6, 6.07) is 10.0. The van der Waals surface area contributed by atoms with Crippen LogP contribution in [0.5, 0.6) is 0 Å². The van der Waals surface area contributed by atoms with E-state index >= 15 is 0 Å². The molecule has 0 aliphatic carbocycles. The van der Waals surface area contributed by atoms with Gasteiger partial charge in [-0.1, -0.05) is 6.79 Å². The predicted octanol–water partition coefficient (Wildman–Crippen LogP) is 4.83. The minimum atomic E-state index is 0. The molecular formula is C15H31O2Ti-7. The van der Waals surface area contributed by atoms with E-state index in [1.54, 1.807) is 0 Å². The van der Waals surface area contributed by atoms with Gasteiger partial charge in [0.05, 0.1) is 0 Å². The Kier molecular flexibility index (Phi) is 104. The molecule has 0 heterocycles. The molecule has 0 radical (unpaired) electrons. The molecule has 0 saturated heterocycles. The predicted molar refractivity (Wildman–Crippen MR) is 81.7 cm³/mol. The van der Waals surface area contributed by atoms with E-state index in [0.29, 0.717) is 13.2 Å². The first kappa shape index (κ1) is 43.0. The van der Waals surface area contributed by atoms with Crippen LogP contribution in [0.3, 0.4) is 0 Å². The van der Waals surface area contributed by atoms with E-state index in [4.69, 9.17) is 9.47 Å². The Balaban J connectivity index is -0.0000000205. The molecule has 0 amide bonds. The molecule has 1 aromatic carbocycles. The standard InChI is InChI=1S/C5H11O2.C5H5.5CH3.Ti/c1-3-6-5-7-4-2;1-2-4-5-3-1;;;;;;/h5H,3-4H2,1-2H3;1-5H;5*1H3;/q7*-1;. The number of ether oxygens (including phenoxy) is 2. The van der Waals surface area contributed by atoms with Crippen LogP contribution in [0.15, 0.2) is 30.3 Å². The smallest absolute Gasteiger partial charge is 0.0101 e. The molecule has 0 aliphatic heterocycles. The molecule has 0 fully saturated rings. The second-order valence-corrected chi connectivity index (χ2v) is 1.97. The Morgan fingerprint density at radius 2 is 1.17 bits per heavy atom. The monoisotopic (exact) mass is 291 g/mol. The molecule has 0 aromatic heterocycles. The van der Waals surface area contributed by atoms with Crippen molar-refractivity contribution in [3.05, 3.63) is 74.3 Å². The normalized spacial score (nSPS) is 5.89. The van der Waals surface area contributed by atoms with E-state index in [1.807, 2.05) is 44.2 Å². The molecule has 1 rings (SSSR count). The fourth-order valence-electron chi connectivity index (χ4n) is 0.505. The van der Waals surface area contributed by atoms with Crippen LogP contribution >= 0.6 is 0 Å². The third-order valence-corrected chi connectivity index (χ3v) is 1.02. The maximum absolute atomic E-state index is 4.73. The van der Waals surface area contributed by atoms with Gasteiger partial charge in [0.1, 0.15) is 0 Å². The Bertz CT molecular complexity index is 121. The van der Waals surface area contributed by atoms with Gasteiger partial charge in [0, 0.05) is 34.9 Å². The van der Waals surface area contributed by atoms with Crippen LogP contribution in [-0.4, -0.2) is 13.2 Å². The van der Waals surface area contributed by atoms with Gasteiger partial charge in [-0.2, -0.15) is 18.2 Å². The van der Waals surface area contributed by atoms with Gasteiger partial charge in [-0.25, -0.2) is 12.1 Å². The van der Waals surface area contributed by atoms with Crippen LogP contribution in [0.4, 0.5) is 0 Å². The second kappa shape index (κ2) is 43.5. The topological polar surface area (TPSA) is 18.5 Å². The summed E-state index contributed by atoms with van der Waals surface area (Å²) in [6.45, 7) is 6.55. The molecule has 1 aromatic rings. The fraction of sp³-hybridized carbons (Fsp3) is 0.267. The molecule has 0 aliphatic rings. The average molecular weight is 291 g/mol. The first-order valence-electron chi connectivity index (χ1n) is 4.13. The summed E-state index contributed by atoms with van der Waals surface area (Å²) >= 11 is 0. The Morgan fingerprint density at radius 3 is 1.33 bits per heavy atom. The van der Waals surface area contributed by atoms with Crippen molar-refractivity contribution in [2.45, 2.75) is 13.8 Å². The van der Waals surface area contributed by atoms with Crippen molar-refractivity contribution in [3.8, 4) is 0 Å². The Morgan fingerprint density at radius 1 is 0.833 bits per heavy atom. The zero-order valence-electron chi connectivity index (χ0n) is 13.2. The third kappa shape index (κ3) is 44.5. The van der Waals surface area contributed by atoms with Gasteiger partial charge >= 0.3 is 0 Å². The van der Waals surface area contributed by atoms with Crippen molar-refractivity contribution in [1.82, 2.24) is 0 Å². The number of hydrogen-bond donors (Lipinski definition) is 0. The fourth-order valence-corrected chi connectivity index (χ4v) is 0.505. The summed E-state index contributed by atoms with van der Waals surface area (Å²) < 4.78 is 9.45. The van der Waals surface area contributed by atoms with Crippen LogP contribution in [0.1, 0.15) is 13.8 Å². The number of hydrogen-bond acceptors (Lipinski definition) is 2. The van der Waals surface area contributed by atoms with Crippen molar-refractivity contribution in [3.63, 3.8) is 0 Å². The quantitative estimate of drug-likeness (QED) is 0.449. The summed E-state index contributed by atoms with van der Waals surface area (Å²) in [5, 5.41) is 0. The maximum atomic E-state index is 4.73. The molecular weight excluding hydrogens is 260 g/mol. The molecule has 2 nitrogen and oxygen atoms in total. The molecule has 0 atom stereocenters. The first-order chi connectivity index (χ1) is 5.91. The zero-order valence-corrected chi connectivity index (χ0v) is 14.8. The van der Waals surface area contributed by atoms with Gasteiger partial charge < -0.3 is 46.6 Å². The van der Waals surface area contributed by atoms with Crippen LogP contribution in [0.25, 0.3) is 0 Å². The third-order valence-electron chi connectivity index (χ3n) is 1.02. The largest absolute Gasteiger partial charge is 0.525 e. The van der Waals surface area contributed by atoms with Gasteiger partial charge in [-0.15, -0.1) is 0 Å². The van der Waals surface area contributed by atoms with Gasteiger partial charge in [0.15, 0.2) is 0 Å². The van der Waals surface area contributed by atoms with Crippen molar-refractivity contribution in [2.75, 3.05) is 13.2 Å². The van der Waals surface area contributed by atoms with Crippen LogP contribution in [0, 0.1) is 43.9 Å². The molecule has 114 valence electrons. The van der Waals surface area contributed by atoms with Crippen molar-refractivity contribution in [2.24, 2.45) is 0 Å². The van der Waals surface area contributed by atoms with Crippen molar-refractivity contribution < 1.29 is 31.2 Å². The van der Waals surface area contributed by atoms with Gasteiger partial charge in [0.25, 0.3) is 0 Å². The number of rotatable bonds is 4. The molecule has 3 heteroatoms. The van der Waals surface area contributed by atoms with E-state index in [9.17, 15) is 0 Å². The van der Waals surface area contributed by atoms with Gasteiger partial charge in [0.2, 0.25) is 0 Å². The Hall–Kier alpha value is -0.0157. The maximum Gasteiger partial charge on any atom is 0.0101 e. The zero-order chi connectivity index (χ0) is 9.07. The van der Waals surface area contributed by atoms with Crippen molar-refractivity contribution >= 4 is 0 Å². The van der Waals surface area contributed by atoms with Crippen LogP contribution in [0.2, 0.25) is 0 Å². The van der Waals surface area contributed by atoms with Crippen molar-refractivity contribution in [1.29, 1.82) is 0 Å². The summed E-state index contributed by atoms with van der Waals surface area (Å²) in [6.07, 6.45) is 0. The van der Waals surface area contributed by atoms with E-state index in [2.05, 4.69) is 0 Å². The minimum absolute atomic E-state index is 0. The molecule has 0 unspecified atom stereocenters. The van der Waals surface area contributed by atoms with Gasteiger partial charge in [-0.05, 0) is 13.8 Å². The molecule has 0 N–H and O–H groups in total. The van der Waals surface area contributed by atoms with Crippen LogP contribution in [-0.2, 0) is 31.2 Å². The minimum Gasteiger partial charge on any atom is -0.525 e. The molecule has 0 saturated carbocycles. The second-order valence-electron chi connectivity index (χ2n) is 1.97. The average Bonchev–Trinajstić information content (AvgIpc) is 2.62. The van der Waals surface area contributed by atoms with E-state index < -0.39 is 0 Å². The van der Waals surface area contributed by atoms with E-state index in [0.717, 1.165) is 0 Å². The molecule has 0 spiro atoms. The molecule has 0 bridgehead atoms. The first-order valence-corrected chi connectivity index (χ1v) is 4.13. The summed E-state index contributed by atoms with van der Waals surface area (Å²) in [7, 11) is 0. The SMILES string of the molecule is CCO[CH-]OCC.[CH3-].[CH3-].[CH3-].[CH3-].[CH3-].[Ti].c1cc[cH-]c1. The van der Waals surface area contributed by atoms with E-state index in [1.165, 1.54) is 6.79 Å². The molecule has 18 heavy (non-hydrogen) atoms. The van der Waals surface area contributed by atoms with Crippen LogP contribution < -0.4 is 0 Å². The summed E-state index contributed by atoms with van der Waals surface area (Å²) in [5.74, 6) is 0. The Labute approximate surface area is 132 Å². The van der Waals surface area contributed by atoms with E-state index in [-0.39, 0.29) is 58.9 Å². The van der Waals surface area contributed by atoms with Gasteiger partial charge in [-0.3, -0.25) is 0 Å².